The van der Waals surface area contributed by atoms with Gasteiger partial charge in [-0.1, -0.05) is 60.7 Å². The third-order valence-corrected chi connectivity index (χ3v) is 5.70. The molecule has 1 amide bonds. The van der Waals surface area contributed by atoms with Crippen molar-refractivity contribution in [2.75, 3.05) is 18.4 Å². The zero-order valence-corrected chi connectivity index (χ0v) is 16.0. The molecule has 5 heteroatoms. The van der Waals surface area contributed by atoms with Gasteiger partial charge >= 0.3 is 0 Å². The van der Waals surface area contributed by atoms with E-state index in [1.54, 1.807) is 0 Å². The summed E-state index contributed by atoms with van der Waals surface area (Å²) in [5, 5.41) is 5.76. The predicted octanol–water partition coefficient (Wildman–Crippen LogP) is 4.51. The highest BCUT2D eigenvalue weighted by molar-refractivity contribution is 7.13. The highest BCUT2D eigenvalue weighted by Crippen LogP contribution is 2.27. The van der Waals surface area contributed by atoms with Crippen LogP contribution in [0.5, 0.6) is 0 Å². The minimum absolute atomic E-state index is 0.0468. The summed E-state index contributed by atoms with van der Waals surface area (Å²) < 4.78 is 0. The zero-order chi connectivity index (χ0) is 18.5. The van der Waals surface area contributed by atoms with Gasteiger partial charge in [0.05, 0.1) is 11.6 Å². The second kappa shape index (κ2) is 8.46. The van der Waals surface area contributed by atoms with Gasteiger partial charge in [-0.05, 0) is 37.1 Å². The minimum Gasteiger partial charge on any atom is -0.301 e. The Kier molecular flexibility index (Phi) is 5.61. The first-order chi connectivity index (χ1) is 13.3. The Morgan fingerprint density at radius 1 is 1.00 bits per heavy atom. The molecule has 0 spiro atoms. The number of carbonyl (C=O) groups is 1. The SMILES string of the molecule is O=C(Nc1nc(CN2CCCC2)cs1)C(c1ccccc1)c1ccccc1. The highest BCUT2D eigenvalue weighted by atomic mass is 32.1. The molecular weight excluding hydrogens is 354 g/mol. The van der Waals surface area contributed by atoms with Crippen molar-refractivity contribution < 1.29 is 4.79 Å². The Hall–Kier alpha value is -2.50. The van der Waals surface area contributed by atoms with E-state index in [0.29, 0.717) is 5.13 Å². The van der Waals surface area contributed by atoms with E-state index in [9.17, 15) is 4.79 Å². The molecule has 4 rings (SSSR count). The van der Waals surface area contributed by atoms with Crippen molar-refractivity contribution in [2.24, 2.45) is 0 Å². The molecular formula is C22H23N3OS. The van der Waals surface area contributed by atoms with Gasteiger partial charge in [0.1, 0.15) is 0 Å². The van der Waals surface area contributed by atoms with E-state index in [1.807, 2.05) is 66.0 Å². The van der Waals surface area contributed by atoms with E-state index in [0.717, 1.165) is 36.5 Å². The summed E-state index contributed by atoms with van der Waals surface area (Å²) in [5.74, 6) is -0.396. The fraction of sp³-hybridized carbons (Fsp3) is 0.273. The van der Waals surface area contributed by atoms with E-state index in [4.69, 9.17) is 0 Å². The Morgan fingerprint density at radius 3 is 2.19 bits per heavy atom. The van der Waals surface area contributed by atoms with Gasteiger partial charge in [0.2, 0.25) is 5.91 Å². The largest absolute Gasteiger partial charge is 0.301 e. The Morgan fingerprint density at radius 2 is 1.59 bits per heavy atom. The molecule has 1 aromatic heterocycles. The number of anilines is 1. The van der Waals surface area contributed by atoms with E-state index < -0.39 is 0 Å². The monoisotopic (exact) mass is 377 g/mol. The molecule has 0 radical (unpaired) electrons. The summed E-state index contributed by atoms with van der Waals surface area (Å²) in [6.45, 7) is 3.15. The van der Waals surface area contributed by atoms with Gasteiger partial charge < -0.3 is 5.32 Å². The fourth-order valence-corrected chi connectivity index (χ4v) is 4.27. The molecule has 4 nitrogen and oxygen atoms in total. The summed E-state index contributed by atoms with van der Waals surface area (Å²) in [5.41, 5.74) is 3.00. The number of carbonyl (C=O) groups excluding carboxylic acids is 1. The van der Waals surface area contributed by atoms with E-state index >= 15 is 0 Å². The van der Waals surface area contributed by atoms with Crippen LogP contribution in [0.15, 0.2) is 66.0 Å². The predicted molar refractivity (Wildman–Crippen MR) is 110 cm³/mol. The molecule has 1 aliphatic rings. The van der Waals surface area contributed by atoms with E-state index in [-0.39, 0.29) is 11.8 Å². The summed E-state index contributed by atoms with van der Waals surface area (Å²) in [7, 11) is 0. The second-order valence-electron chi connectivity index (χ2n) is 6.87. The van der Waals surface area contributed by atoms with Gasteiger partial charge in [0, 0.05) is 11.9 Å². The van der Waals surface area contributed by atoms with Gasteiger partial charge in [-0.2, -0.15) is 0 Å². The first kappa shape index (κ1) is 17.9. The lowest BCUT2D eigenvalue weighted by atomic mass is 9.90. The molecule has 3 aromatic rings. The smallest absolute Gasteiger partial charge is 0.238 e. The number of rotatable bonds is 6. The number of hydrogen-bond acceptors (Lipinski definition) is 4. The van der Waals surface area contributed by atoms with Crippen LogP contribution in [0.1, 0.15) is 35.6 Å². The van der Waals surface area contributed by atoms with Crippen molar-refractivity contribution in [3.8, 4) is 0 Å². The molecule has 0 bridgehead atoms. The Labute approximate surface area is 163 Å². The van der Waals surface area contributed by atoms with Crippen molar-refractivity contribution in [3.63, 3.8) is 0 Å². The van der Waals surface area contributed by atoms with Crippen LogP contribution in [0.2, 0.25) is 0 Å². The van der Waals surface area contributed by atoms with Gasteiger partial charge in [-0.25, -0.2) is 4.98 Å². The topological polar surface area (TPSA) is 45.2 Å². The lowest BCUT2D eigenvalue weighted by Crippen LogP contribution is -2.22. The average Bonchev–Trinajstić information content (AvgIpc) is 3.36. The summed E-state index contributed by atoms with van der Waals surface area (Å²) >= 11 is 1.50. The van der Waals surface area contributed by atoms with Crippen molar-refractivity contribution in [3.05, 3.63) is 82.9 Å². The number of nitrogens with one attached hydrogen (secondary N) is 1. The first-order valence-electron chi connectivity index (χ1n) is 9.37. The van der Waals surface area contributed by atoms with E-state index in [2.05, 4.69) is 15.2 Å². The molecule has 1 saturated heterocycles. The highest BCUT2D eigenvalue weighted by Gasteiger charge is 2.23. The summed E-state index contributed by atoms with van der Waals surface area (Å²) in [4.78, 5) is 20.2. The third kappa shape index (κ3) is 4.43. The molecule has 0 unspecified atom stereocenters. The van der Waals surface area contributed by atoms with Crippen LogP contribution < -0.4 is 5.32 Å². The molecule has 27 heavy (non-hydrogen) atoms. The summed E-state index contributed by atoms with van der Waals surface area (Å²) in [6.07, 6.45) is 2.53. The molecule has 0 aliphatic carbocycles. The molecule has 138 valence electrons. The maximum atomic E-state index is 13.1. The normalized spacial score (nSPS) is 14.6. The number of benzene rings is 2. The number of hydrogen-bond donors (Lipinski definition) is 1. The lowest BCUT2D eigenvalue weighted by Gasteiger charge is -2.17. The Balaban J connectivity index is 1.51. The molecule has 1 fully saturated rings. The number of nitrogens with zero attached hydrogens (tertiary/aromatic N) is 2. The maximum absolute atomic E-state index is 13.1. The summed E-state index contributed by atoms with van der Waals surface area (Å²) in [6, 6.07) is 19.8. The van der Waals surface area contributed by atoms with Gasteiger partial charge in [0.25, 0.3) is 0 Å². The van der Waals surface area contributed by atoms with Crippen LogP contribution in [-0.4, -0.2) is 28.9 Å². The number of aromatic nitrogens is 1. The second-order valence-corrected chi connectivity index (χ2v) is 7.73. The molecule has 2 aromatic carbocycles. The number of likely N-dealkylation sites (tertiary alicyclic amines) is 1. The van der Waals surface area contributed by atoms with Crippen molar-refractivity contribution >= 4 is 22.4 Å². The van der Waals surface area contributed by atoms with Gasteiger partial charge in [-0.3, -0.25) is 9.69 Å². The molecule has 1 aliphatic heterocycles. The fourth-order valence-electron chi connectivity index (χ4n) is 3.57. The van der Waals surface area contributed by atoms with Crippen LogP contribution in [-0.2, 0) is 11.3 Å². The number of thiazole rings is 1. The molecule has 0 atom stereocenters. The van der Waals surface area contributed by atoms with Crippen LogP contribution >= 0.6 is 11.3 Å². The maximum Gasteiger partial charge on any atom is 0.238 e. The average molecular weight is 378 g/mol. The third-order valence-electron chi connectivity index (χ3n) is 4.89. The van der Waals surface area contributed by atoms with Gasteiger partial charge in [0.15, 0.2) is 5.13 Å². The van der Waals surface area contributed by atoms with Crippen molar-refractivity contribution in [1.29, 1.82) is 0 Å². The van der Waals surface area contributed by atoms with Crippen LogP contribution in [0.25, 0.3) is 0 Å². The van der Waals surface area contributed by atoms with Crippen LogP contribution in [0.4, 0.5) is 5.13 Å². The zero-order valence-electron chi connectivity index (χ0n) is 15.2. The lowest BCUT2D eigenvalue weighted by molar-refractivity contribution is -0.116. The molecule has 0 saturated carbocycles. The quantitative estimate of drug-likeness (QED) is 0.687. The van der Waals surface area contributed by atoms with Crippen LogP contribution in [0.3, 0.4) is 0 Å². The molecule has 1 N–H and O–H groups in total. The van der Waals surface area contributed by atoms with Gasteiger partial charge in [-0.15, -0.1) is 11.3 Å². The molecule has 2 heterocycles. The van der Waals surface area contributed by atoms with Crippen LogP contribution in [0, 0.1) is 0 Å². The standard InChI is InChI=1S/C22H23N3OS/c26-21(24-22-23-19(16-27-22)15-25-13-7-8-14-25)20(17-9-3-1-4-10-17)18-11-5-2-6-12-18/h1-6,9-12,16,20H,7-8,13-15H2,(H,23,24,26). The van der Waals surface area contributed by atoms with E-state index in [1.165, 1.54) is 24.2 Å². The van der Waals surface area contributed by atoms with Crippen molar-refractivity contribution in [1.82, 2.24) is 9.88 Å². The Bertz CT molecular complexity index is 833. The first-order valence-corrected chi connectivity index (χ1v) is 10.2. The van der Waals surface area contributed by atoms with Crippen molar-refractivity contribution in [2.45, 2.75) is 25.3 Å². The number of amides is 1. The minimum atomic E-state index is -0.349.